The van der Waals surface area contributed by atoms with E-state index in [1.807, 2.05) is 62.4 Å². The molecule has 0 aromatic heterocycles. The molecule has 3 rings (SSSR count). The summed E-state index contributed by atoms with van der Waals surface area (Å²) in [7, 11) is 3.21. The van der Waals surface area contributed by atoms with Gasteiger partial charge in [-0.25, -0.2) is 4.39 Å². The van der Waals surface area contributed by atoms with Crippen molar-refractivity contribution in [3.05, 3.63) is 78.1 Å². The fraction of sp³-hybridized carbons (Fsp3) is 0.217. The number of para-hydroxylation sites is 1. The van der Waals surface area contributed by atoms with E-state index in [2.05, 4.69) is 5.32 Å². The van der Waals surface area contributed by atoms with Crippen molar-refractivity contribution >= 4 is 5.69 Å². The summed E-state index contributed by atoms with van der Waals surface area (Å²) in [6, 6.07) is 19.3. The third-order valence-corrected chi connectivity index (χ3v) is 3.88. The molecule has 1 N–H and O–H groups in total. The van der Waals surface area contributed by atoms with E-state index in [9.17, 15) is 4.39 Å². The molecule has 0 radical (unpaired) electrons. The van der Waals surface area contributed by atoms with Crippen LogP contribution in [0.4, 0.5) is 10.1 Å². The maximum Gasteiger partial charge on any atom is 0.150 e. The van der Waals surface area contributed by atoms with Gasteiger partial charge in [-0.05, 0) is 36.4 Å². The zero-order valence-corrected chi connectivity index (χ0v) is 16.7. The third-order valence-electron chi connectivity index (χ3n) is 3.88. The Morgan fingerprint density at radius 3 is 2.21 bits per heavy atom. The highest BCUT2D eigenvalue weighted by Gasteiger charge is 2.09. The first kappa shape index (κ1) is 21.1. The molecular formula is C23H26FNO3. The average Bonchev–Trinajstić information content (AvgIpc) is 2.76. The molecular weight excluding hydrogens is 357 g/mol. The van der Waals surface area contributed by atoms with E-state index in [0.29, 0.717) is 35.2 Å². The number of anilines is 1. The average molecular weight is 383 g/mol. The number of benzene rings is 3. The van der Waals surface area contributed by atoms with Gasteiger partial charge in [0.2, 0.25) is 0 Å². The molecule has 0 atom stereocenters. The molecule has 0 aliphatic heterocycles. The summed E-state index contributed by atoms with van der Waals surface area (Å²) in [6.07, 6.45) is 0. The summed E-state index contributed by atoms with van der Waals surface area (Å²) in [5.74, 6) is 2.30. The smallest absolute Gasteiger partial charge is 0.150 e. The van der Waals surface area contributed by atoms with Gasteiger partial charge in [0.25, 0.3) is 0 Å². The molecule has 0 saturated heterocycles. The van der Waals surface area contributed by atoms with E-state index in [-0.39, 0.29) is 5.82 Å². The first-order chi connectivity index (χ1) is 13.7. The van der Waals surface area contributed by atoms with Gasteiger partial charge < -0.3 is 19.5 Å². The van der Waals surface area contributed by atoms with Gasteiger partial charge in [-0.1, -0.05) is 32.0 Å². The molecule has 5 heteroatoms. The van der Waals surface area contributed by atoms with Crippen LogP contribution in [0, 0.1) is 5.82 Å². The zero-order valence-electron chi connectivity index (χ0n) is 16.7. The van der Waals surface area contributed by atoms with Crippen LogP contribution in [0.15, 0.2) is 66.7 Å². The van der Waals surface area contributed by atoms with Crippen LogP contribution in [-0.4, -0.2) is 14.2 Å². The number of rotatable bonds is 7. The SMILES string of the molecule is CC.COc1ccc(CNc2cc(F)ccc2Oc2ccccc2)c(OC)c1. The van der Waals surface area contributed by atoms with Crippen molar-refractivity contribution in [2.24, 2.45) is 0 Å². The lowest BCUT2D eigenvalue weighted by Crippen LogP contribution is -2.04. The highest BCUT2D eigenvalue weighted by Crippen LogP contribution is 2.32. The fourth-order valence-electron chi connectivity index (χ4n) is 2.53. The molecule has 3 aromatic rings. The number of hydrogen-bond acceptors (Lipinski definition) is 4. The number of methoxy groups -OCH3 is 2. The minimum atomic E-state index is -0.338. The molecule has 0 spiro atoms. The van der Waals surface area contributed by atoms with Gasteiger partial charge in [-0.3, -0.25) is 0 Å². The second-order valence-corrected chi connectivity index (χ2v) is 5.59. The Labute approximate surface area is 165 Å². The molecule has 3 aromatic carbocycles. The Kier molecular flexibility index (Phi) is 8.15. The summed E-state index contributed by atoms with van der Waals surface area (Å²) in [6.45, 7) is 4.45. The van der Waals surface area contributed by atoms with Crippen molar-refractivity contribution in [1.29, 1.82) is 0 Å². The number of hydrogen-bond donors (Lipinski definition) is 1. The maximum atomic E-state index is 13.7. The summed E-state index contributed by atoms with van der Waals surface area (Å²) in [5.41, 5.74) is 1.48. The predicted octanol–water partition coefficient (Wildman–Crippen LogP) is 6.27. The van der Waals surface area contributed by atoms with Crippen LogP contribution < -0.4 is 19.5 Å². The Hall–Kier alpha value is -3.21. The van der Waals surface area contributed by atoms with Gasteiger partial charge in [0.05, 0.1) is 19.9 Å². The second kappa shape index (κ2) is 10.8. The highest BCUT2D eigenvalue weighted by molar-refractivity contribution is 5.58. The van der Waals surface area contributed by atoms with Crippen molar-refractivity contribution in [3.8, 4) is 23.0 Å². The maximum absolute atomic E-state index is 13.7. The molecule has 0 bridgehead atoms. The molecule has 4 nitrogen and oxygen atoms in total. The molecule has 0 amide bonds. The summed E-state index contributed by atoms with van der Waals surface area (Å²) < 4.78 is 30.2. The van der Waals surface area contributed by atoms with Crippen LogP contribution in [0.2, 0.25) is 0 Å². The van der Waals surface area contributed by atoms with Gasteiger partial charge >= 0.3 is 0 Å². The Morgan fingerprint density at radius 2 is 1.54 bits per heavy atom. The van der Waals surface area contributed by atoms with E-state index in [0.717, 1.165) is 5.56 Å². The lowest BCUT2D eigenvalue weighted by Gasteiger charge is -2.15. The van der Waals surface area contributed by atoms with E-state index in [1.54, 1.807) is 20.3 Å². The topological polar surface area (TPSA) is 39.7 Å². The summed E-state index contributed by atoms with van der Waals surface area (Å²) in [4.78, 5) is 0. The van der Waals surface area contributed by atoms with Gasteiger partial charge in [0.1, 0.15) is 23.1 Å². The molecule has 0 unspecified atom stereocenters. The first-order valence-corrected chi connectivity index (χ1v) is 9.17. The molecule has 0 aliphatic rings. The van der Waals surface area contributed by atoms with Gasteiger partial charge in [0, 0.05) is 24.2 Å². The van der Waals surface area contributed by atoms with Crippen LogP contribution in [0.3, 0.4) is 0 Å². The number of nitrogens with one attached hydrogen (secondary N) is 1. The zero-order chi connectivity index (χ0) is 20.4. The Bertz CT molecular complexity index is 869. The van der Waals surface area contributed by atoms with Crippen molar-refractivity contribution in [2.75, 3.05) is 19.5 Å². The van der Waals surface area contributed by atoms with Crippen molar-refractivity contribution in [2.45, 2.75) is 20.4 Å². The third kappa shape index (κ3) is 5.64. The van der Waals surface area contributed by atoms with Crippen LogP contribution in [0.5, 0.6) is 23.0 Å². The van der Waals surface area contributed by atoms with Crippen LogP contribution in [0.25, 0.3) is 0 Å². The molecule has 0 heterocycles. The van der Waals surface area contributed by atoms with Gasteiger partial charge in [-0.15, -0.1) is 0 Å². The lowest BCUT2D eigenvalue weighted by molar-refractivity contribution is 0.391. The quantitative estimate of drug-likeness (QED) is 0.522. The normalized spacial score (nSPS) is 9.75. The largest absolute Gasteiger partial charge is 0.497 e. The predicted molar refractivity (Wildman–Crippen MR) is 111 cm³/mol. The van der Waals surface area contributed by atoms with E-state index in [4.69, 9.17) is 14.2 Å². The van der Waals surface area contributed by atoms with E-state index >= 15 is 0 Å². The van der Waals surface area contributed by atoms with Crippen molar-refractivity contribution in [1.82, 2.24) is 0 Å². The Balaban J connectivity index is 0.00000136. The minimum Gasteiger partial charge on any atom is -0.497 e. The fourth-order valence-corrected chi connectivity index (χ4v) is 2.53. The molecule has 28 heavy (non-hydrogen) atoms. The highest BCUT2D eigenvalue weighted by atomic mass is 19.1. The molecule has 0 aliphatic carbocycles. The summed E-state index contributed by atoms with van der Waals surface area (Å²) >= 11 is 0. The summed E-state index contributed by atoms with van der Waals surface area (Å²) in [5, 5.41) is 3.22. The van der Waals surface area contributed by atoms with E-state index < -0.39 is 0 Å². The number of ether oxygens (including phenoxy) is 3. The van der Waals surface area contributed by atoms with Crippen molar-refractivity contribution in [3.63, 3.8) is 0 Å². The minimum absolute atomic E-state index is 0.338. The van der Waals surface area contributed by atoms with Crippen molar-refractivity contribution < 1.29 is 18.6 Å². The van der Waals surface area contributed by atoms with Gasteiger partial charge in [0.15, 0.2) is 5.75 Å². The second-order valence-electron chi connectivity index (χ2n) is 5.59. The monoisotopic (exact) mass is 383 g/mol. The standard InChI is InChI=1S/C21H20FNO3.C2H6/c1-24-18-10-8-15(21(13-18)25-2)14-23-19-12-16(22)9-11-20(19)26-17-6-4-3-5-7-17;1-2/h3-13,23H,14H2,1-2H3;1-2H3. The van der Waals surface area contributed by atoms with Crippen LogP contribution >= 0.6 is 0 Å². The van der Waals surface area contributed by atoms with Crippen LogP contribution in [0.1, 0.15) is 19.4 Å². The van der Waals surface area contributed by atoms with Gasteiger partial charge in [-0.2, -0.15) is 0 Å². The van der Waals surface area contributed by atoms with Crippen LogP contribution in [-0.2, 0) is 6.54 Å². The number of halogens is 1. The van der Waals surface area contributed by atoms with E-state index in [1.165, 1.54) is 12.1 Å². The molecule has 0 saturated carbocycles. The Morgan fingerprint density at radius 1 is 0.786 bits per heavy atom. The lowest BCUT2D eigenvalue weighted by atomic mass is 10.1. The first-order valence-electron chi connectivity index (χ1n) is 9.17. The molecule has 148 valence electrons. The molecule has 0 fully saturated rings.